The molecular formula is C22H38INO. The third kappa shape index (κ3) is 8.87. The van der Waals surface area contributed by atoms with Crippen LogP contribution in [-0.4, -0.2) is 42.4 Å². The molecule has 0 amide bonds. The molecule has 3 heteroatoms. The Morgan fingerprint density at radius 3 is 2.00 bits per heavy atom. The molecule has 0 bridgehead atoms. The first-order chi connectivity index (χ1) is 11.6. The van der Waals surface area contributed by atoms with Crippen LogP contribution in [0.1, 0.15) is 69.4 Å². The van der Waals surface area contributed by atoms with Gasteiger partial charge < -0.3 is 33.6 Å². The molecular weight excluding hydrogens is 421 g/mol. The lowest BCUT2D eigenvalue weighted by Gasteiger charge is -2.39. The number of likely N-dealkylation sites (N-methyl/N-ethyl adjacent to an activating group) is 1. The highest BCUT2D eigenvalue weighted by molar-refractivity contribution is 5.22. The van der Waals surface area contributed by atoms with E-state index in [2.05, 4.69) is 38.2 Å². The van der Waals surface area contributed by atoms with Gasteiger partial charge in [-0.1, -0.05) is 63.3 Å². The maximum absolute atomic E-state index is 9.68. The number of piperidine rings is 1. The molecule has 25 heavy (non-hydrogen) atoms. The van der Waals surface area contributed by atoms with Gasteiger partial charge in [-0.25, -0.2) is 0 Å². The highest BCUT2D eigenvalue weighted by Crippen LogP contribution is 2.18. The second-order valence-electron chi connectivity index (χ2n) is 8.11. The van der Waals surface area contributed by atoms with Gasteiger partial charge in [0, 0.05) is 19.3 Å². The van der Waals surface area contributed by atoms with Gasteiger partial charge in [0.1, 0.15) is 0 Å². The molecule has 1 N–H and O–H groups in total. The molecule has 144 valence electrons. The number of nitrogens with zero attached hydrogens (tertiary/aromatic N) is 1. The Morgan fingerprint density at radius 1 is 0.880 bits per heavy atom. The van der Waals surface area contributed by atoms with Crippen LogP contribution in [0.15, 0.2) is 24.3 Å². The van der Waals surface area contributed by atoms with Crippen molar-refractivity contribution in [3.8, 4) is 0 Å². The molecule has 0 atom stereocenters. The Bertz CT molecular complexity index is 452. The first-order valence-electron chi connectivity index (χ1n) is 10.2. The number of hydrogen-bond donors (Lipinski definition) is 1. The summed E-state index contributed by atoms with van der Waals surface area (Å²) in [5.41, 5.74) is 2.96. The Morgan fingerprint density at radius 2 is 1.40 bits per heavy atom. The number of aryl methyl sites for hydroxylation is 1. The molecule has 1 saturated heterocycles. The second-order valence-corrected chi connectivity index (χ2v) is 8.11. The third-order valence-electron chi connectivity index (χ3n) is 5.79. The topological polar surface area (TPSA) is 20.2 Å². The molecule has 1 aliphatic rings. The summed E-state index contributed by atoms with van der Waals surface area (Å²) in [6.07, 6.45) is 12.5. The number of quaternary nitrogens is 1. The largest absolute Gasteiger partial charge is 1.00 e. The van der Waals surface area contributed by atoms with Crippen LogP contribution in [0.3, 0.4) is 0 Å². The number of aliphatic hydroxyl groups is 1. The van der Waals surface area contributed by atoms with Crippen LogP contribution in [0.25, 0.3) is 0 Å². The van der Waals surface area contributed by atoms with E-state index in [0.29, 0.717) is 0 Å². The Hall–Kier alpha value is -0.130. The van der Waals surface area contributed by atoms with Crippen LogP contribution in [-0.2, 0) is 12.8 Å². The molecule has 1 aromatic carbocycles. The van der Waals surface area contributed by atoms with E-state index in [9.17, 15) is 5.11 Å². The number of benzene rings is 1. The molecule has 0 unspecified atom stereocenters. The first-order valence-corrected chi connectivity index (χ1v) is 10.2. The van der Waals surface area contributed by atoms with Crippen LogP contribution in [0, 0.1) is 0 Å². The lowest BCUT2D eigenvalue weighted by atomic mass is 10.0. The van der Waals surface area contributed by atoms with E-state index in [4.69, 9.17) is 0 Å². The zero-order valence-corrected chi connectivity index (χ0v) is 18.5. The van der Waals surface area contributed by atoms with Crippen LogP contribution < -0.4 is 24.0 Å². The maximum Gasteiger partial charge on any atom is 0.0825 e. The summed E-state index contributed by atoms with van der Waals surface area (Å²) in [5.74, 6) is 0. The van der Waals surface area contributed by atoms with Crippen molar-refractivity contribution in [3.05, 3.63) is 35.4 Å². The monoisotopic (exact) mass is 459 g/mol. The molecule has 1 aromatic rings. The molecule has 0 aromatic heterocycles. The molecule has 0 radical (unpaired) electrons. The molecule has 2 nitrogen and oxygen atoms in total. The number of unbranched alkanes of at least 4 members (excludes halogenated alkanes) is 5. The number of rotatable bonds is 10. The van der Waals surface area contributed by atoms with Crippen LogP contribution in [0.4, 0.5) is 0 Å². The van der Waals surface area contributed by atoms with E-state index < -0.39 is 0 Å². The number of halogens is 1. The van der Waals surface area contributed by atoms with Gasteiger partial charge in [-0.15, -0.1) is 0 Å². The summed E-state index contributed by atoms with van der Waals surface area (Å²) in [5, 5.41) is 9.68. The minimum atomic E-state index is -0.0579. The molecule has 0 aliphatic carbocycles. The first kappa shape index (κ1) is 22.9. The molecule has 0 saturated carbocycles. The lowest BCUT2D eigenvalue weighted by Crippen LogP contribution is -3.00. The van der Waals surface area contributed by atoms with Gasteiger partial charge in [0.05, 0.1) is 32.8 Å². The molecule has 2 rings (SSSR count). The highest BCUT2D eigenvalue weighted by Gasteiger charge is 2.28. The minimum Gasteiger partial charge on any atom is -1.00 e. The summed E-state index contributed by atoms with van der Waals surface area (Å²) in [6.45, 7) is 5.72. The van der Waals surface area contributed by atoms with Crippen LogP contribution in [0.2, 0.25) is 0 Å². The van der Waals surface area contributed by atoms with Crippen molar-refractivity contribution < 1.29 is 33.6 Å². The summed E-state index contributed by atoms with van der Waals surface area (Å²) in [6, 6.07) is 9.33. The summed E-state index contributed by atoms with van der Waals surface area (Å²) < 4.78 is 1.12. The van der Waals surface area contributed by atoms with Crippen LogP contribution in [0.5, 0.6) is 0 Å². The summed E-state index contributed by atoms with van der Waals surface area (Å²) >= 11 is 0. The summed E-state index contributed by atoms with van der Waals surface area (Å²) in [7, 11) is 2.35. The zero-order valence-electron chi connectivity index (χ0n) is 16.4. The fraction of sp³-hybridized carbons (Fsp3) is 0.727. The van der Waals surface area contributed by atoms with E-state index in [1.165, 1.54) is 62.6 Å². The normalized spacial score (nSPS) is 23.2. The van der Waals surface area contributed by atoms with Crippen molar-refractivity contribution in [3.63, 3.8) is 0 Å². The van der Waals surface area contributed by atoms with Crippen LogP contribution >= 0.6 is 0 Å². The van der Waals surface area contributed by atoms with Crippen molar-refractivity contribution in [1.29, 1.82) is 0 Å². The second kappa shape index (κ2) is 12.3. The lowest BCUT2D eigenvalue weighted by molar-refractivity contribution is -0.914. The highest BCUT2D eigenvalue weighted by atomic mass is 127. The molecule has 0 spiro atoms. The van der Waals surface area contributed by atoms with E-state index in [0.717, 1.165) is 36.8 Å². The van der Waals surface area contributed by atoms with Crippen molar-refractivity contribution in [2.45, 2.75) is 77.2 Å². The van der Waals surface area contributed by atoms with Crippen molar-refractivity contribution in [1.82, 2.24) is 0 Å². The Labute approximate surface area is 172 Å². The van der Waals surface area contributed by atoms with Gasteiger partial charge in [-0.3, -0.25) is 0 Å². The number of aliphatic hydroxyl groups excluding tert-OH is 1. The number of likely N-dealkylation sites (tertiary alicyclic amines) is 1. The van der Waals surface area contributed by atoms with Crippen molar-refractivity contribution in [2.24, 2.45) is 0 Å². The SMILES string of the molecule is CCCCCCCCc1ccc(CC[N+]2(C)CCC(O)CC2)cc1.[I-]. The predicted molar refractivity (Wildman–Crippen MR) is 103 cm³/mol. The average molecular weight is 459 g/mol. The standard InChI is InChI=1S/C22H38NO.HI/c1-3-4-5-6-7-8-9-20-10-12-21(13-11-20)14-17-23(2)18-15-22(24)16-19-23;/h10-13,22,24H,3-9,14-19H2,1-2H3;1H/q+1;/p-1. The number of hydrogen-bond acceptors (Lipinski definition) is 1. The predicted octanol–water partition coefficient (Wildman–Crippen LogP) is 1.74. The molecule has 1 fully saturated rings. The van der Waals surface area contributed by atoms with Gasteiger partial charge >= 0.3 is 0 Å². The third-order valence-corrected chi connectivity index (χ3v) is 5.79. The minimum absolute atomic E-state index is 0. The fourth-order valence-corrected chi connectivity index (χ4v) is 3.78. The van der Waals surface area contributed by atoms with Crippen molar-refractivity contribution >= 4 is 0 Å². The fourth-order valence-electron chi connectivity index (χ4n) is 3.78. The maximum atomic E-state index is 9.68. The smallest absolute Gasteiger partial charge is 0.0825 e. The average Bonchev–Trinajstić information content (AvgIpc) is 2.60. The van der Waals surface area contributed by atoms with E-state index >= 15 is 0 Å². The quantitative estimate of drug-likeness (QED) is 0.321. The van der Waals surface area contributed by atoms with Gasteiger partial charge in [-0.2, -0.15) is 0 Å². The summed E-state index contributed by atoms with van der Waals surface area (Å²) in [4.78, 5) is 0. The van der Waals surface area contributed by atoms with E-state index in [-0.39, 0.29) is 30.1 Å². The molecule has 1 heterocycles. The van der Waals surface area contributed by atoms with Gasteiger partial charge in [0.25, 0.3) is 0 Å². The van der Waals surface area contributed by atoms with E-state index in [1.807, 2.05) is 0 Å². The van der Waals surface area contributed by atoms with Gasteiger partial charge in [0.15, 0.2) is 0 Å². The zero-order chi connectivity index (χ0) is 17.3. The Balaban J connectivity index is 0.00000312. The van der Waals surface area contributed by atoms with E-state index in [1.54, 1.807) is 0 Å². The molecule has 1 aliphatic heterocycles. The van der Waals surface area contributed by atoms with Gasteiger partial charge in [-0.05, 0) is 24.0 Å². The van der Waals surface area contributed by atoms with Crippen molar-refractivity contribution in [2.75, 3.05) is 26.7 Å². The van der Waals surface area contributed by atoms with Gasteiger partial charge in [0.2, 0.25) is 0 Å². The Kier molecular flexibility index (Phi) is 11.3.